The Morgan fingerprint density at radius 1 is 1.67 bits per heavy atom. The van der Waals surface area contributed by atoms with E-state index < -0.39 is 0 Å². The molecule has 0 spiro atoms. The lowest BCUT2D eigenvalue weighted by Gasteiger charge is -2.37. The molecule has 2 unspecified atom stereocenters. The zero-order valence-corrected chi connectivity index (χ0v) is 8.22. The van der Waals surface area contributed by atoms with Gasteiger partial charge in [0, 0.05) is 19.7 Å². The molecule has 1 aliphatic heterocycles. The highest BCUT2D eigenvalue weighted by Crippen LogP contribution is 2.16. The van der Waals surface area contributed by atoms with E-state index >= 15 is 0 Å². The number of ether oxygens (including phenoxy) is 2. The number of rotatable bonds is 3. The fraction of sp³-hybridized carbons (Fsp3) is 1.00. The lowest BCUT2D eigenvalue weighted by atomic mass is 10.1. The van der Waals surface area contributed by atoms with Gasteiger partial charge in [-0.15, -0.1) is 0 Å². The number of nitrogens with one attached hydrogen (secondary N) is 1. The smallest absolute Gasteiger partial charge is 0.101 e. The third-order valence-corrected chi connectivity index (χ3v) is 2.03. The predicted molar refractivity (Wildman–Crippen MR) is 48.3 cm³/mol. The Hall–Kier alpha value is -0.120. The molecule has 0 aromatic carbocycles. The Kier molecular flexibility index (Phi) is 3.50. The predicted octanol–water partition coefficient (Wildman–Crippen LogP) is 0.790. The Morgan fingerprint density at radius 3 is 3.00 bits per heavy atom. The second kappa shape index (κ2) is 4.21. The lowest BCUT2D eigenvalue weighted by Crippen LogP contribution is -2.53. The zero-order valence-electron chi connectivity index (χ0n) is 8.22. The summed E-state index contributed by atoms with van der Waals surface area (Å²) in [7, 11) is 0. The standard InChI is InChI=1S/C9H19NO2/c1-4-11-7-9(3)6-10-5-8(2)12-9/h8,10H,4-7H2,1-3H3. The molecular formula is C9H19NO2. The van der Waals surface area contributed by atoms with Gasteiger partial charge in [0.25, 0.3) is 0 Å². The highest BCUT2D eigenvalue weighted by atomic mass is 16.6. The van der Waals surface area contributed by atoms with Crippen LogP contribution in [0.5, 0.6) is 0 Å². The van der Waals surface area contributed by atoms with Crippen molar-refractivity contribution < 1.29 is 9.47 Å². The first-order valence-electron chi connectivity index (χ1n) is 4.62. The first-order valence-corrected chi connectivity index (χ1v) is 4.62. The van der Waals surface area contributed by atoms with Crippen LogP contribution in [0.4, 0.5) is 0 Å². The molecular weight excluding hydrogens is 154 g/mol. The summed E-state index contributed by atoms with van der Waals surface area (Å²) in [5.41, 5.74) is -0.131. The first-order chi connectivity index (χ1) is 5.66. The summed E-state index contributed by atoms with van der Waals surface area (Å²) in [6.07, 6.45) is 0.296. The second-order valence-electron chi connectivity index (χ2n) is 3.65. The zero-order chi connectivity index (χ0) is 9.03. The molecule has 12 heavy (non-hydrogen) atoms. The topological polar surface area (TPSA) is 30.5 Å². The quantitative estimate of drug-likeness (QED) is 0.684. The van der Waals surface area contributed by atoms with E-state index in [0.29, 0.717) is 12.7 Å². The minimum absolute atomic E-state index is 0.131. The van der Waals surface area contributed by atoms with Crippen LogP contribution in [0.3, 0.4) is 0 Å². The van der Waals surface area contributed by atoms with Gasteiger partial charge in [-0.2, -0.15) is 0 Å². The number of hydrogen-bond acceptors (Lipinski definition) is 3. The van der Waals surface area contributed by atoms with Crippen LogP contribution in [0.15, 0.2) is 0 Å². The summed E-state index contributed by atoms with van der Waals surface area (Å²) >= 11 is 0. The molecule has 3 heteroatoms. The summed E-state index contributed by atoms with van der Waals surface area (Å²) in [6.45, 7) is 9.44. The van der Waals surface area contributed by atoms with Crippen LogP contribution in [0.1, 0.15) is 20.8 Å². The molecule has 2 atom stereocenters. The van der Waals surface area contributed by atoms with Gasteiger partial charge in [0.05, 0.1) is 12.7 Å². The molecule has 1 aliphatic rings. The minimum atomic E-state index is -0.131. The van der Waals surface area contributed by atoms with Crippen LogP contribution in [-0.2, 0) is 9.47 Å². The van der Waals surface area contributed by atoms with Crippen LogP contribution in [0.25, 0.3) is 0 Å². The molecule has 0 saturated carbocycles. The van der Waals surface area contributed by atoms with Crippen LogP contribution >= 0.6 is 0 Å². The average Bonchev–Trinajstić information content (AvgIpc) is 2.01. The highest BCUT2D eigenvalue weighted by Gasteiger charge is 2.30. The Morgan fingerprint density at radius 2 is 2.42 bits per heavy atom. The van der Waals surface area contributed by atoms with Crippen molar-refractivity contribution in [2.75, 3.05) is 26.3 Å². The van der Waals surface area contributed by atoms with Gasteiger partial charge in [-0.3, -0.25) is 0 Å². The fourth-order valence-corrected chi connectivity index (χ4v) is 1.51. The van der Waals surface area contributed by atoms with Gasteiger partial charge < -0.3 is 14.8 Å². The van der Waals surface area contributed by atoms with Gasteiger partial charge in [-0.1, -0.05) is 0 Å². The van der Waals surface area contributed by atoms with E-state index in [1.165, 1.54) is 0 Å². The van der Waals surface area contributed by atoms with Gasteiger partial charge in [0.2, 0.25) is 0 Å². The second-order valence-corrected chi connectivity index (χ2v) is 3.65. The molecule has 1 rings (SSSR count). The van der Waals surface area contributed by atoms with Crippen molar-refractivity contribution in [1.29, 1.82) is 0 Å². The highest BCUT2D eigenvalue weighted by molar-refractivity contribution is 4.83. The molecule has 0 aromatic heterocycles. The van der Waals surface area contributed by atoms with Crippen LogP contribution in [0.2, 0.25) is 0 Å². The third kappa shape index (κ3) is 2.73. The Bertz CT molecular complexity index is 140. The van der Waals surface area contributed by atoms with Crippen molar-refractivity contribution in [2.45, 2.75) is 32.5 Å². The molecule has 0 radical (unpaired) electrons. The number of hydrogen-bond donors (Lipinski definition) is 1. The van der Waals surface area contributed by atoms with E-state index in [2.05, 4.69) is 19.2 Å². The third-order valence-electron chi connectivity index (χ3n) is 2.03. The van der Waals surface area contributed by atoms with Crippen molar-refractivity contribution in [1.82, 2.24) is 5.32 Å². The molecule has 1 heterocycles. The van der Waals surface area contributed by atoms with E-state index in [1.807, 2.05) is 6.92 Å². The summed E-state index contributed by atoms with van der Waals surface area (Å²) in [5, 5.41) is 3.33. The lowest BCUT2D eigenvalue weighted by molar-refractivity contribution is -0.132. The van der Waals surface area contributed by atoms with Crippen LogP contribution < -0.4 is 5.32 Å². The SMILES string of the molecule is CCOCC1(C)CNCC(C)O1. The van der Waals surface area contributed by atoms with E-state index in [0.717, 1.165) is 19.7 Å². The average molecular weight is 173 g/mol. The monoisotopic (exact) mass is 173 g/mol. The van der Waals surface area contributed by atoms with Gasteiger partial charge in [0.1, 0.15) is 5.60 Å². The molecule has 0 bridgehead atoms. The number of morpholine rings is 1. The van der Waals surface area contributed by atoms with Crippen LogP contribution in [-0.4, -0.2) is 38.0 Å². The molecule has 72 valence electrons. The van der Waals surface area contributed by atoms with Crippen molar-refractivity contribution in [3.63, 3.8) is 0 Å². The van der Waals surface area contributed by atoms with Crippen molar-refractivity contribution >= 4 is 0 Å². The van der Waals surface area contributed by atoms with E-state index in [1.54, 1.807) is 0 Å². The van der Waals surface area contributed by atoms with Crippen molar-refractivity contribution in [3.8, 4) is 0 Å². The summed E-state index contributed by atoms with van der Waals surface area (Å²) in [4.78, 5) is 0. The van der Waals surface area contributed by atoms with E-state index in [9.17, 15) is 0 Å². The maximum Gasteiger partial charge on any atom is 0.101 e. The maximum atomic E-state index is 5.79. The van der Waals surface area contributed by atoms with Gasteiger partial charge in [-0.05, 0) is 20.8 Å². The molecule has 1 fully saturated rings. The normalized spacial score (nSPS) is 36.8. The summed E-state index contributed by atoms with van der Waals surface area (Å²) < 4.78 is 11.1. The van der Waals surface area contributed by atoms with Gasteiger partial charge in [-0.25, -0.2) is 0 Å². The molecule has 0 amide bonds. The van der Waals surface area contributed by atoms with E-state index in [4.69, 9.17) is 9.47 Å². The maximum absolute atomic E-state index is 5.79. The van der Waals surface area contributed by atoms with Crippen LogP contribution in [0, 0.1) is 0 Å². The molecule has 1 saturated heterocycles. The largest absolute Gasteiger partial charge is 0.379 e. The van der Waals surface area contributed by atoms with Gasteiger partial charge in [0.15, 0.2) is 0 Å². The Labute approximate surface area is 74.4 Å². The van der Waals surface area contributed by atoms with E-state index in [-0.39, 0.29) is 5.60 Å². The first kappa shape index (κ1) is 9.96. The summed E-state index contributed by atoms with van der Waals surface area (Å²) in [5.74, 6) is 0. The minimum Gasteiger partial charge on any atom is -0.379 e. The molecule has 0 aromatic rings. The summed E-state index contributed by atoms with van der Waals surface area (Å²) in [6, 6.07) is 0. The van der Waals surface area contributed by atoms with Crippen molar-refractivity contribution in [3.05, 3.63) is 0 Å². The molecule has 1 N–H and O–H groups in total. The van der Waals surface area contributed by atoms with Gasteiger partial charge >= 0.3 is 0 Å². The molecule has 0 aliphatic carbocycles. The van der Waals surface area contributed by atoms with Crippen molar-refractivity contribution in [2.24, 2.45) is 0 Å². The fourth-order valence-electron chi connectivity index (χ4n) is 1.51. The molecule has 3 nitrogen and oxygen atoms in total. The Balaban J connectivity index is 2.35.